The molecule has 0 atom stereocenters. The zero-order valence-corrected chi connectivity index (χ0v) is 12.7. The number of allylic oxidation sites excluding steroid dienone is 1. The molecule has 0 saturated heterocycles. The highest BCUT2D eigenvalue weighted by atomic mass is 35.5. The van der Waals surface area contributed by atoms with Gasteiger partial charge < -0.3 is 5.32 Å². The first kappa shape index (κ1) is 15.1. The van der Waals surface area contributed by atoms with Crippen LogP contribution < -0.4 is 10.9 Å². The van der Waals surface area contributed by atoms with Crippen molar-refractivity contribution in [3.05, 3.63) is 33.2 Å². The lowest BCUT2D eigenvalue weighted by atomic mass is 9.97. The van der Waals surface area contributed by atoms with E-state index in [0.717, 1.165) is 19.4 Å². The van der Waals surface area contributed by atoms with Gasteiger partial charge in [-0.1, -0.05) is 30.2 Å². The molecule has 1 N–H and O–H groups in total. The van der Waals surface area contributed by atoms with E-state index in [0.29, 0.717) is 12.2 Å². The van der Waals surface area contributed by atoms with Crippen LogP contribution in [-0.4, -0.2) is 16.3 Å². The van der Waals surface area contributed by atoms with E-state index in [-0.39, 0.29) is 10.6 Å². The molecule has 0 radical (unpaired) electrons. The maximum absolute atomic E-state index is 12.0. The van der Waals surface area contributed by atoms with Gasteiger partial charge in [0, 0.05) is 13.1 Å². The number of nitrogens with zero attached hydrogens (tertiary/aromatic N) is 2. The van der Waals surface area contributed by atoms with E-state index in [1.807, 2.05) is 6.92 Å². The molecule has 5 heteroatoms. The monoisotopic (exact) mass is 295 g/mol. The largest absolute Gasteiger partial charge is 0.382 e. The quantitative estimate of drug-likeness (QED) is 0.816. The molecule has 0 bridgehead atoms. The average molecular weight is 296 g/mol. The fourth-order valence-electron chi connectivity index (χ4n) is 2.45. The van der Waals surface area contributed by atoms with Crippen molar-refractivity contribution in [1.82, 2.24) is 9.78 Å². The first-order valence-corrected chi connectivity index (χ1v) is 7.77. The Hall–Kier alpha value is -1.29. The number of anilines is 1. The van der Waals surface area contributed by atoms with E-state index >= 15 is 0 Å². The normalized spacial score (nSPS) is 15.0. The second kappa shape index (κ2) is 7.48. The van der Waals surface area contributed by atoms with Crippen molar-refractivity contribution < 1.29 is 0 Å². The molecular formula is C15H22ClN3O. The molecule has 1 aromatic heterocycles. The molecule has 20 heavy (non-hydrogen) atoms. The topological polar surface area (TPSA) is 46.9 Å². The van der Waals surface area contributed by atoms with Gasteiger partial charge in [-0.3, -0.25) is 4.79 Å². The highest BCUT2D eigenvalue weighted by Gasteiger charge is 2.09. The summed E-state index contributed by atoms with van der Waals surface area (Å²) >= 11 is 6.11. The fourth-order valence-corrected chi connectivity index (χ4v) is 2.66. The molecule has 1 heterocycles. The minimum atomic E-state index is -0.213. The minimum Gasteiger partial charge on any atom is -0.382 e. The lowest BCUT2D eigenvalue weighted by Gasteiger charge is -2.14. The summed E-state index contributed by atoms with van der Waals surface area (Å²) in [6.45, 7) is 3.41. The van der Waals surface area contributed by atoms with Crippen molar-refractivity contribution in [2.24, 2.45) is 0 Å². The Balaban J connectivity index is 1.94. The summed E-state index contributed by atoms with van der Waals surface area (Å²) in [7, 11) is 0. The SMILES string of the molecule is CCCn1ncc(NCCC2=CCCCC2)c(Cl)c1=O. The van der Waals surface area contributed by atoms with Gasteiger partial charge in [-0.05, 0) is 38.5 Å². The first-order chi connectivity index (χ1) is 9.72. The van der Waals surface area contributed by atoms with Gasteiger partial charge in [0.1, 0.15) is 5.02 Å². The van der Waals surface area contributed by atoms with Gasteiger partial charge in [0.05, 0.1) is 11.9 Å². The van der Waals surface area contributed by atoms with E-state index in [4.69, 9.17) is 11.6 Å². The average Bonchev–Trinajstić information content (AvgIpc) is 2.48. The summed E-state index contributed by atoms with van der Waals surface area (Å²) in [4.78, 5) is 12.0. The second-order valence-corrected chi connectivity index (χ2v) is 5.56. The molecule has 110 valence electrons. The summed E-state index contributed by atoms with van der Waals surface area (Å²) in [5.41, 5.74) is 1.93. The van der Waals surface area contributed by atoms with E-state index < -0.39 is 0 Å². The van der Waals surface area contributed by atoms with Gasteiger partial charge in [0.25, 0.3) is 5.56 Å². The lowest BCUT2D eigenvalue weighted by molar-refractivity contribution is 0.568. The predicted octanol–water partition coefficient (Wildman–Crippen LogP) is 3.61. The molecule has 0 aromatic carbocycles. The maximum Gasteiger partial charge on any atom is 0.287 e. The van der Waals surface area contributed by atoms with Crippen molar-refractivity contribution in [2.45, 2.75) is 52.0 Å². The highest BCUT2D eigenvalue weighted by Crippen LogP contribution is 2.21. The summed E-state index contributed by atoms with van der Waals surface area (Å²) in [6.07, 6.45) is 10.9. The van der Waals surface area contributed by atoms with E-state index in [1.165, 1.54) is 35.9 Å². The smallest absolute Gasteiger partial charge is 0.287 e. The molecule has 0 saturated carbocycles. The Morgan fingerprint density at radius 2 is 2.30 bits per heavy atom. The number of hydrogen-bond acceptors (Lipinski definition) is 3. The van der Waals surface area contributed by atoms with Crippen molar-refractivity contribution in [3.63, 3.8) is 0 Å². The summed E-state index contributed by atoms with van der Waals surface area (Å²) < 4.78 is 1.41. The van der Waals surface area contributed by atoms with E-state index in [1.54, 1.807) is 6.20 Å². The van der Waals surface area contributed by atoms with Crippen LogP contribution in [0.25, 0.3) is 0 Å². The molecule has 4 nitrogen and oxygen atoms in total. The molecular weight excluding hydrogens is 274 g/mol. The number of halogens is 1. The third-order valence-corrected chi connectivity index (χ3v) is 3.93. The molecule has 0 unspecified atom stereocenters. The van der Waals surface area contributed by atoms with Crippen LogP contribution in [0.3, 0.4) is 0 Å². The number of rotatable bonds is 6. The third-order valence-electron chi connectivity index (χ3n) is 3.57. The van der Waals surface area contributed by atoms with Crippen LogP contribution in [0.1, 0.15) is 45.4 Å². The van der Waals surface area contributed by atoms with Gasteiger partial charge in [0.15, 0.2) is 0 Å². The molecule has 0 aliphatic heterocycles. The van der Waals surface area contributed by atoms with Gasteiger partial charge in [-0.2, -0.15) is 5.10 Å². The number of nitrogens with one attached hydrogen (secondary N) is 1. The van der Waals surface area contributed by atoms with Gasteiger partial charge >= 0.3 is 0 Å². The molecule has 1 aliphatic rings. The van der Waals surface area contributed by atoms with E-state index in [2.05, 4.69) is 16.5 Å². The predicted molar refractivity (Wildman–Crippen MR) is 83.5 cm³/mol. The van der Waals surface area contributed by atoms with Crippen LogP contribution in [0.5, 0.6) is 0 Å². The van der Waals surface area contributed by atoms with Crippen LogP contribution in [0.2, 0.25) is 5.02 Å². The van der Waals surface area contributed by atoms with E-state index in [9.17, 15) is 4.79 Å². The van der Waals surface area contributed by atoms with Crippen LogP contribution in [0.4, 0.5) is 5.69 Å². The number of aryl methyl sites for hydroxylation is 1. The zero-order valence-electron chi connectivity index (χ0n) is 12.0. The summed E-state index contributed by atoms with van der Waals surface area (Å²) in [6, 6.07) is 0. The molecule has 1 aliphatic carbocycles. The summed E-state index contributed by atoms with van der Waals surface area (Å²) in [5, 5.41) is 7.60. The molecule has 1 aromatic rings. The van der Waals surface area contributed by atoms with Gasteiger partial charge in [-0.25, -0.2) is 4.68 Å². The van der Waals surface area contributed by atoms with Gasteiger partial charge in [0.2, 0.25) is 0 Å². The number of hydrogen-bond donors (Lipinski definition) is 1. The Bertz CT molecular complexity index is 536. The highest BCUT2D eigenvalue weighted by molar-refractivity contribution is 6.32. The van der Waals surface area contributed by atoms with Crippen LogP contribution in [-0.2, 0) is 6.54 Å². The lowest BCUT2D eigenvalue weighted by Crippen LogP contribution is -2.24. The Kier molecular flexibility index (Phi) is 5.65. The first-order valence-electron chi connectivity index (χ1n) is 7.39. The second-order valence-electron chi connectivity index (χ2n) is 5.19. The van der Waals surface area contributed by atoms with Gasteiger partial charge in [-0.15, -0.1) is 0 Å². The van der Waals surface area contributed by atoms with Crippen LogP contribution in [0, 0.1) is 0 Å². The Morgan fingerprint density at radius 1 is 1.45 bits per heavy atom. The maximum atomic E-state index is 12.0. The van der Waals surface area contributed by atoms with Crippen LogP contribution >= 0.6 is 11.6 Å². The Labute approximate surface area is 124 Å². The minimum absolute atomic E-state index is 0.213. The zero-order chi connectivity index (χ0) is 14.4. The molecule has 0 amide bonds. The molecule has 2 rings (SSSR count). The molecule has 0 fully saturated rings. The van der Waals surface area contributed by atoms with Crippen molar-refractivity contribution in [1.29, 1.82) is 0 Å². The van der Waals surface area contributed by atoms with Crippen LogP contribution in [0.15, 0.2) is 22.6 Å². The van der Waals surface area contributed by atoms with Crippen molar-refractivity contribution in [2.75, 3.05) is 11.9 Å². The number of aromatic nitrogens is 2. The third kappa shape index (κ3) is 3.85. The van der Waals surface area contributed by atoms with Crippen molar-refractivity contribution in [3.8, 4) is 0 Å². The van der Waals surface area contributed by atoms with Crippen molar-refractivity contribution >= 4 is 17.3 Å². The summed E-state index contributed by atoms with van der Waals surface area (Å²) in [5.74, 6) is 0. The fraction of sp³-hybridized carbons (Fsp3) is 0.600. The molecule has 0 spiro atoms. The Morgan fingerprint density at radius 3 is 3.00 bits per heavy atom. The standard InChI is InChI=1S/C15H22ClN3O/c1-2-10-19-15(20)14(16)13(11-18-19)17-9-8-12-6-4-3-5-7-12/h6,11,17H,2-5,7-10H2,1H3.